The van der Waals surface area contributed by atoms with Gasteiger partial charge in [0.2, 0.25) is 0 Å². The van der Waals surface area contributed by atoms with E-state index in [1.807, 2.05) is 0 Å². The van der Waals surface area contributed by atoms with Gasteiger partial charge in [-0.3, -0.25) is 9.11 Å². The molecule has 0 amide bonds. The summed E-state index contributed by atoms with van der Waals surface area (Å²) in [7, 11) is -7.88. The predicted molar refractivity (Wildman–Crippen MR) is 108 cm³/mol. The van der Waals surface area contributed by atoms with E-state index in [0.29, 0.717) is 28.4 Å². The maximum atomic E-state index is 10.4. The van der Waals surface area contributed by atoms with Crippen molar-refractivity contribution in [2.75, 3.05) is 29.6 Å². The summed E-state index contributed by atoms with van der Waals surface area (Å²) >= 11 is 0. The minimum Gasteiger partial charge on any atom is -0.491 e. The Morgan fingerprint density at radius 3 is 2.07 bits per heavy atom. The summed E-state index contributed by atoms with van der Waals surface area (Å²) in [6, 6.07) is 11.2. The molecule has 0 saturated heterocycles. The maximum absolute atomic E-state index is 10.4. The lowest BCUT2D eigenvalue weighted by atomic mass is 10.2. The van der Waals surface area contributed by atoms with E-state index in [4.69, 9.17) is 31.0 Å². The summed E-state index contributed by atoms with van der Waals surface area (Å²) in [6.07, 6.45) is 0.188. The van der Waals surface area contributed by atoms with Crippen LogP contribution in [-0.4, -0.2) is 38.3 Å². The van der Waals surface area contributed by atoms with Gasteiger partial charge in [0.15, 0.2) is 0 Å². The summed E-state index contributed by atoms with van der Waals surface area (Å²) in [5.41, 5.74) is 18.5. The lowest BCUT2D eigenvalue weighted by Gasteiger charge is -2.08. The molecule has 0 fully saturated rings. The van der Waals surface area contributed by atoms with Crippen molar-refractivity contribution in [1.29, 1.82) is 0 Å². The van der Waals surface area contributed by atoms with Crippen molar-refractivity contribution in [2.45, 2.75) is 12.2 Å². The Morgan fingerprint density at radius 2 is 1.50 bits per heavy atom. The van der Waals surface area contributed by atoms with Crippen molar-refractivity contribution in [2.24, 2.45) is 0 Å². The van der Waals surface area contributed by atoms with Gasteiger partial charge in [0, 0.05) is 17.4 Å². The van der Waals surface area contributed by atoms with Crippen LogP contribution in [0.15, 0.2) is 42.5 Å². The second-order valence-electron chi connectivity index (χ2n) is 5.76. The third-order valence-electron chi connectivity index (χ3n) is 3.14. The molecule has 0 aliphatic heterocycles. The van der Waals surface area contributed by atoms with Gasteiger partial charge in [0.1, 0.15) is 11.5 Å². The van der Waals surface area contributed by atoms with E-state index in [1.54, 1.807) is 36.4 Å². The zero-order chi connectivity index (χ0) is 21.4. The fourth-order valence-electron chi connectivity index (χ4n) is 1.99. The third kappa shape index (κ3) is 10.6. The Hall–Kier alpha value is -2.54. The van der Waals surface area contributed by atoms with E-state index in [2.05, 4.69) is 0 Å². The van der Waals surface area contributed by atoms with Crippen molar-refractivity contribution in [1.82, 2.24) is 0 Å². The summed E-state index contributed by atoms with van der Waals surface area (Å²) in [4.78, 5) is 0. The number of benzene rings is 2. The van der Waals surface area contributed by atoms with Gasteiger partial charge in [0.05, 0.1) is 18.0 Å². The summed E-state index contributed by atoms with van der Waals surface area (Å²) in [5, 5.41) is 0. The molecule has 0 radical (unpaired) electrons. The summed E-state index contributed by atoms with van der Waals surface area (Å²) < 4.78 is 63.9. The van der Waals surface area contributed by atoms with Crippen LogP contribution in [0.4, 0.5) is 17.1 Å². The molecule has 2 aromatic carbocycles. The van der Waals surface area contributed by atoms with Crippen LogP contribution < -0.4 is 21.9 Å². The smallest absolute Gasteiger partial charge is 0.269 e. The van der Waals surface area contributed by atoms with Gasteiger partial charge in [-0.25, -0.2) is 0 Å². The largest absolute Gasteiger partial charge is 0.491 e. The summed E-state index contributed by atoms with van der Waals surface area (Å²) in [5.74, 6) is -0.317. The molecule has 0 heterocycles. The normalized spacial score (nSPS) is 11.4. The minimum atomic E-state index is -3.95. The van der Waals surface area contributed by atoms with E-state index in [-0.39, 0.29) is 18.8 Å². The van der Waals surface area contributed by atoms with E-state index in [0.717, 1.165) is 0 Å². The number of hydrogen-bond acceptors (Lipinski definition) is 8. The average molecular weight is 434 g/mol. The Labute approximate surface area is 163 Å². The van der Waals surface area contributed by atoms with E-state index in [9.17, 15) is 16.8 Å². The summed E-state index contributed by atoms with van der Waals surface area (Å²) in [6.45, 7) is 0.146. The first-order valence-corrected chi connectivity index (χ1v) is 11.1. The van der Waals surface area contributed by atoms with Crippen LogP contribution in [0, 0.1) is 0 Å². The number of nitrogen functional groups attached to an aromatic ring is 3. The Morgan fingerprint density at radius 1 is 0.857 bits per heavy atom. The lowest BCUT2D eigenvalue weighted by Crippen LogP contribution is -2.09. The SMILES string of the molecule is Nc1ccc(N)c(OCCCS(=O)(=O)O)c1.Nc1cccc(CS(=O)(=O)O)c1. The fourth-order valence-corrected chi connectivity index (χ4v) is 3.08. The topological polar surface area (TPSA) is 196 Å². The number of nitrogens with two attached hydrogens (primary N) is 3. The predicted octanol–water partition coefficient (Wildman–Crippen LogP) is 1.16. The third-order valence-corrected chi connectivity index (χ3v) is 4.64. The van der Waals surface area contributed by atoms with E-state index < -0.39 is 26.0 Å². The van der Waals surface area contributed by atoms with Crippen LogP contribution in [0.3, 0.4) is 0 Å². The molecule has 0 unspecified atom stereocenters. The van der Waals surface area contributed by atoms with E-state index in [1.165, 1.54) is 6.07 Å². The quantitative estimate of drug-likeness (QED) is 0.240. The molecule has 0 aliphatic carbocycles. The van der Waals surface area contributed by atoms with Crippen molar-refractivity contribution < 1.29 is 30.7 Å². The van der Waals surface area contributed by atoms with Crippen molar-refractivity contribution in [3.8, 4) is 5.75 Å². The number of rotatable bonds is 7. The van der Waals surface area contributed by atoms with Crippen LogP contribution in [0.1, 0.15) is 12.0 Å². The van der Waals surface area contributed by atoms with Crippen LogP contribution >= 0.6 is 0 Å². The molecule has 28 heavy (non-hydrogen) atoms. The average Bonchev–Trinajstić information content (AvgIpc) is 2.53. The molecule has 0 saturated carbocycles. The molecule has 0 atom stereocenters. The van der Waals surface area contributed by atoms with Crippen LogP contribution in [-0.2, 0) is 26.0 Å². The maximum Gasteiger partial charge on any atom is 0.269 e. The van der Waals surface area contributed by atoms with Crippen LogP contribution in [0.5, 0.6) is 5.75 Å². The second-order valence-corrected chi connectivity index (χ2v) is 8.78. The fraction of sp³-hybridized carbons (Fsp3) is 0.250. The van der Waals surface area contributed by atoms with Gasteiger partial charge < -0.3 is 21.9 Å². The molecular formula is C16H23N3O7S2. The van der Waals surface area contributed by atoms with Gasteiger partial charge in [-0.05, 0) is 36.2 Å². The number of anilines is 3. The molecule has 10 nitrogen and oxygen atoms in total. The molecule has 0 bridgehead atoms. The van der Waals surface area contributed by atoms with Crippen LogP contribution in [0.25, 0.3) is 0 Å². The highest BCUT2D eigenvalue weighted by molar-refractivity contribution is 7.85. The zero-order valence-electron chi connectivity index (χ0n) is 14.9. The van der Waals surface area contributed by atoms with Gasteiger partial charge in [-0.1, -0.05) is 12.1 Å². The van der Waals surface area contributed by atoms with Gasteiger partial charge in [0.25, 0.3) is 20.2 Å². The van der Waals surface area contributed by atoms with Gasteiger partial charge in [-0.15, -0.1) is 0 Å². The highest BCUT2D eigenvalue weighted by Crippen LogP contribution is 2.23. The molecule has 2 aromatic rings. The van der Waals surface area contributed by atoms with Gasteiger partial charge in [-0.2, -0.15) is 16.8 Å². The highest BCUT2D eigenvalue weighted by Gasteiger charge is 2.06. The van der Waals surface area contributed by atoms with Crippen LogP contribution in [0.2, 0.25) is 0 Å². The standard InChI is InChI=1S/C9H14N2O4S.C7H9NO3S/c10-7-2-3-8(11)9(6-7)15-4-1-5-16(12,13)14;8-7-3-1-2-6(4-7)5-12(9,10)11/h2-3,6H,1,4-5,10-11H2,(H,12,13,14);1-4H,5,8H2,(H,9,10,11). The molecule has 12 heteroatoms. The molecule has 156 valence electrons. The number of ether oxygens (including phenoxy) is 1. The van der Waals surface area contributed by atoms with Crippen molar-refractivity contribution in [3.05, 3.63) is 48.0 Å². The Bertz CT molecular complexity index is 993. The molecule has 2 rings (SSSR count). The molecule has 8 N–H and O–H groups in total. The first kappa shape index (κ1) is 23.5. The monoisotopic (exact) mass is 433 g/mol. The first-order chi connectivity index (χ1) is 12.9. The highest BCUT2D eigenvalue weighted by atomic mass is 32.2. The van der Waals surface area contributed by atoms with Crippen molar-refractivity contribution >= 4 is 37.3 Å². The Balaban J connectivity index is 0.000000292. The zero-order valence-corrected chi connectivity index (χ0v) is 16.5. The molecule has 0 aliphatic rings. The Kier molecular flexibility index (Phi) is 8.50. The second kappa shape index (κ2) is 10.1. The number of hydrogen-bond donors (Lipinski definition) is 5. The first-order valence-electron chi connectivity index (χ1n) is 7.88. The molecule has 0 spiro atoms. The minimum absolute atomic E-state index is 0.146. The van der Waals surface area contributed by atoms with Crippen molar-refractivity contribution in [3.63, 3.8) is 0 Å². The lowest BCUT2D eigenvalue weighted by molar-refractivity contribution is 0.318. The van der Waals surface area contributed by atoms with Gasteiger partial charge >= 0.3 is 0 Å². The molecule has 0 aromatic heterocycles. The molecular weight excluding hydrogens is 410 g/mol. The van der Waals surface area contributed by atoms with E-state index >= 15 is 0 Å².